The van der Waals surface area contributed by atoms with Gasteiger partial charge in [-0.3, -0.25) is 4.98 Å². The number of anilines is 1. The Hall–Kier alpha value is -1.18. The summed E-state index contributed by atoms with van der Waals surface area (Å²) in [6, 6.07) is 3.80. The number of hydrogen-bond acceptors (Lipinski definition) is 7. The molecule has 5 nitrogen and oxygen atoms in total. The van der Waals surface area contributed by atoms with Gasteiger partial charge in [0.05, 0.1) is 11.8 Å². The van der Waals surface area contributed by atoms with Crippen molar-refractivity contribution in [2.75, 3.05) is 19.0 Å². The Labute approximate surface area is 120 Å². The molecule has 0 saturated carbocycles. The Morgan fingerprint density at radius 1 is 1.37 bits per heavy atom. The fourth-order valence-electron chi connectivity index (χ4n) is 1.38. The average Bonchev–Trinajstić information content (AvgIpc) is 2.87. The highest BCUT2D eigenvalue weighted by atomic mass is 32.2. The topological polar surface area (TPSA) is 62.1 Å². The fraction of sp³-hybridized carbons (Fsp3) is 0.417. The molecule has 0 aromatic carbocycles. The summed E-state index contributed by atoms with van der Waals surface area (Å²) in [5.41, 5.74) is 0.707. The molecule has 0 saturated heterocycles. The molecule has 0 bridgehead atoms. The molecule has 0 aliphatic carbocycles. The summed E-state index contributed by atoms with van der Waals surface area (Å²) in [6.45, 7) is 1.93. The molecule has 1 atom stereocenters. The minimum atomic E-state index is -0.485. The quantitative estimate of drug-likeness (QED) is 0.915. The third kappa shape index (κ3) is 3.65. The number of nitrogens with zero attached hydrogens (tertiary/aromatic N) is 4. The van der Waals surface area contributed by atoms with Gasteiger partial charge in [-0.25, -0.2) is 0 Å². The van der Waals surface area contributed by atoms with E-state index in [0.717, 1.165) is 14.4 Å². The molecule has 2 aromatic rings. The second-order valence-electron chi connectivity index (χ2n) is 4.19. The van der Waals surface area contributed by atoms with Gasteiger partial charge < -0.3 is 10.0 Å². The van der Waals surface area contributed by atoms with Crippen molar-refractivity contribution in [1.29, 1.82) is 0 Å². The van der Waals surface area contributed by atoms with E-state index in [1.807, 2.05) is 38.1 Å². The summed E-state index contributed by atoms with van der Waals surface area (Å²) < 4.78 is 0.884. The predicted octanol–water partition coefficient (Wildman–Crippen LogP) is 2.59. The van der Waals surface area contributed by atoms with Crippen LogP contribution in [0.15, 0.2) is 27.6 Å². The maximum absolute atomic E-state index is 9.68. The summed E-state index contributed by atoms with van der Waals surface area (Å²) in [4.78, 5) is 7.19. The molecule has 2 heterocycles. The van der Waals surface area contributed by atoms with Crippen molar-refractivity contribution >= 4 is 28.2 Å². The second kappa shape index (κ2) is 6.31. The highest BCUT2D eigenvalue weighted by molar-refractivity contribution is 8.01. The van der Waals surface area contributed by atoms with E-state index in [9.17, 15) is 5.11 Å². The van der Waals surface area contributed by atoms with Crippen LogP contribution in [0.5, 0.6) is 0 Å². The lowest BCUT2D eigenvalue weighted by Crippen LogP contribution is -2.07. The molecule has 2 aromatic heterocycles. The van der Waals surface area contributed by atoms with Gasteiger partial charge in [0.2, 0.25) is 5.13 Å². The van der Waals surface area contributed by atoms with Gasteiger partial charge in [0.15, 0.2) is 4.34 Å². The molecule has 0 aliphatic heterocycles. The van der Waals surface area contributed by atoms with Crippen LogP contribution < -0.4 is 4.90 Å². The summed E-state index contributed by atoms with van der Waals surface area (Å²) in [6.07, 6.45) is 1.94. The Kier molecular flexibility index (Phi) is 4.73. The van der Waals surface area contributed by atoms with E-state index in [0.29, 0.717) is 12.1 Å². The van der Waals surface area contributed by atoms with Gasteiger partial charge in [0.25, 0.3) is 0 Å². The minimum absolute atomic E-state index is 0.485. The Bertz CT molecular complexity index is 527. The monoisotopic (exact) mass is 296 g/mol. The maximum Gasteiger partial charge on any atom is 0.208 e. The van der Waals surface area contributed by atoms with Crippen molar-refractivity contribution in [3.63, 3.8) is 0 Å². The smallest absolute Gasteiger partial charge is 0.208 e. The van der Waals surface area contributed by atoms with Crippen LogP contribution in [-0.2, 0) is 0 Å². The van der Waals surface area contributed by atoms with E-state index in [1.54, 1.807) is 17.5 Å². The van der Waals surface area contributed by atoms with Gasteiger partial charge in [-0.15, -0.1) is 10.2 Å². The summed E-state index contributed by atoms with van der Waals surface area (Å²) >= 11 is 3.07. The zero-order chi connectivity index (χ0) is 13.8. The normalized spacial score (nSPS) is 12.4. The van der Waals surface area contributed by atoms with Gasteiger partial charge in [-0.1, -0.05) is 30.0 Å². The van der Waals surface area contributed by atoms with Crippen LogP contribution in [0.1, 0.15) is 25.1 Å². The first-order valence-electron chi connectivity index (χ1n) is 5.93. The lowest BCUT2D eigenvalue weighted by atomic mass is 10.2. The zero-order valence-corrected chi connectivity index (χ0v) is 12.7. The third-order valence-electron chi connectivity index (χ3n) is 2.47. The molecule has 102 valence electrons. The van der Waals surface area contributed by atoms with Crippen molar-refractivity contribution in [2.24, 2.45) is 0 Å². The molecule has 0 amide bonds. The first-order valence-corrected chi connectivity index (χ1v) is 7.56. The van der Waals surface area contributed by atoms with E-state index in [1.165, 1.54) is 11.8 Å². The molecule has 2 rings (SSSR count). The standard InChI is InChI=1S/C12H16N4OS2/c1-4-10(17)9-6-5-8(7-13-9)18-12-15-14-11(19-12)16(2)3/h5-7,10,17H,4H2,1-3H3/t10-/m0/s1. The largest absolute Gasteiger partial charge is 0.387 e. The number of aromatic nitrogens is 3. The lowest BCUT2D eigenvalue weighted by Gasteiger charge is -2.06. The van der Waals surface area contributed by atoms with Crippen LogP contribution in [0, 0.1) is 0 Å². The molecule has 0 fully saturated rings. The summed E-state index contributed by atoms with van der Waals surface area (Å²) in [5.74, 6) is 0. The van der Waals surface area contributed by atoms with Crippen LogP contribution >= 0.6 is 23.1 Å². The zero-order valence-electron chi connectivity index (χ0n) is 11.1. The molecule has 0 unspecified atom stereocenters. The van der Waals surface area contributed by atoms with Gasteiger partial charge in [0.1, 0.15) is 0 Å². The first kappa shape index (κ1) is 14.2. The van der Waals surface area contributed by atoms with Gasteiger partial charge in [-0.2, -0.15) is 0 Å². The molecular weight excluding hydrogens is 280 g/mol. The van der Waals surface area contributed by atoms with E-state index in [2.05, 4.69) is 15.2 Å². The summed E-state index contributed by atoms with van der Waals surface area (Å²) in [7, 11) is 3.88. The number of rotatable bonds is 5. The van der Waals surface area contributed by atoms with Crippen LogP contribution in [0.4, 0.5) is 5.13 Å². The van der Waals surface area contributed by atoms with Crippen molar-refractivity contribution in [2.45, 2.75) is 28.7 Å². The van der Waals surface area contributed by atoms with Crippen LogP contribution in [0.2, 0.25) is 0 Å². The van der Waals surface area contributed by atoms with Gasteiger partial charge in [-0.05, 0) is 18.6 Å². The predicted molar refractivity (Wildman–Crippen MR) is 77.8 cm³/mol. The third-order valence-corrected chi connectivity index (χ3v) is 4.59. The fourth-order valence-corrected chi connectivity index (χ4v) is 3.09. The number of aliphatic hydroxyl groups is 1. The second-order valence-corrected chi connectivity index (χ2v) is 6.47. The Balaban J connectivity index is 2.06. The van der Waals surface area contributed by atoms with Gasteiger partial charge in [0, 0.05) is 25.2 Å². The van der Waals surface area contributed by atoms with E-state index in [4.69, 9.17) is 0 Å². The molecule has 19 heavy (non-hydrogen) atoms. The number of pyridine rings is 1. The number of hydrogen-bond donors (Lipinski definition) is 1. The Morgan fingerprint density at radius 2 is 2.16 bits per heavy atom. The molecule has 1 N–H and O–H groups in total. The molecule has 0 spiro atoms. The molecule has 7 heteroatoms. The SMILES string of the molecule is CC[C@H](O)c1ccc(Sc2nnc(N(C)C)s2)cn1. The minimum Gasteiger partial charge on any atom is -0.387 e. The molecule has 0 radical (unpaired) electrons. The highest BCUT2D eigenvalue weighted by Crippen LogP contribution is 2.32. The van der Waals surface area contributed by atoms with Gasteiger partial charge >= 0.3 is 0 Å². The van der Waals surface area contributed by atoms with Crippen LogP contribution in [0.3, 0.4) is 0 Å². The van der Waals surface area contributed by atoms with E-state index >= 15 is 0 Å². The first-order chi connectivity index (χ1) is 9.10. The van der Waals surface area contributed by atoms with E-state index < -0.39 is 6.10 Å². The molecular formula is C12H16N4OS2. The lowest BCUT2D eigenvalue weighted by molar-refractivity contribution is 0.169. The van der Waals surface area contributed by atoms with Crippen LogP contribution in [-0.4, -0.2) is 34.4 Å². The highest BCUT2D eigenvalue weighted by Gasteiger charge is 2.09. The van der Waals surface area contributed by atoms with Crippen LogP contribution in [0.25, 0.3) is 0 Å². The van der Waals surface area contributed by atoms with Crippen molar-refractivity contribution in [3.05, 3.63) is 24.0 Å². The average molecular weight is 296 g/mol. The summed E-state index contributed by atoms with van der Waals surface area (Å²) in [5, 5.41) is 18.8. The Morgan fingerprint density at radius 3 is 2.68 bits per heavy atom. The van der Waals surface area contributed by atoms with Crippen molar-refractivity contribution < 1.29 is 5.11 Å². The van der Waals surface area contributed by atoms with Crippen molar-refractivity contribution in [1.82, 2.24) is 15.2 Å². The molecule has 0 aliphatic rings. The van der Waals surface area contributed by atoms with Crippen molar-refractivity contribution in [3.8, 4) is 0 Å². The number of aliphatic hydroxyl groups excluding tert-OH is 1. The maximum atomic E-state index is 9.68. The van der Waals surface area contributed by atoms with E-state index in [-0.39, 0.29) is 0 Å².